The molecule has 2 heterocycles. The van der Waals surface area contributed by atoms with Crippen LogP contribution < -0.4 is 11.1 Å². The van der Waals surface area contributed by atoms with Gasteiger partial charge in [-0.15, -0.1) is 24.0 Å². The van der Waals surface area contributed by atoms with Crippen LogP contribution in [0, 0.1) is 0 Å². The monoisotopic (exact) mass is 454 g/mol. The lowest BCUT2D eigenvalue weighted by Crippen LogP contribution is -2.49. The Hall–Kier alpha value is -0.160. The highest BCUT2D eigenvalue weighted by atomic mass is 127. The van der Waals surface area contributed by atoms with E-state index in [9.17, 15) is 0 Å². The second kappa shape index (κ2) is 12.2. The molecule has 0 aliphatic carbocycles. The van der Waals surface area contributed by atoms with Crippen LogP contribution in [0.4, 0.5) is 0 Å². The highest BCUT2D eigenvalue weighted by Crippen LogP contribution is 2.05. The Labute approximate surface area is 164 Å². The summed E-state index contributed by atoms with van der Waals surface area (Å²) in [6.45, 7) is 13.3. The summed E-state index contributed by atoms with van der Waals surface area (Å²) < 4.78 is 5.35. The molecule has 0 amide bonds. The van der Waals surface area contributed by atoms with Crippen molar-refractivity contribution in [3.63, 3.8) is 0 Å². The van der Waals surface area contributed by atoms with Crippen molar-refractivity contribution in [2.75, 3.05) is 79.2 Å². The molecule has 0 radical (unpaired) electrons. The Morgan fingerprint density at radius 3 is 2.50 bits per heavy atom. The third-order valence-electron chi connectivity index (χ3n) is 4.75. The van der Waals surface area contributed by atoms with E-state index in [1.165, 1.54) is 0 Å². The molecule has 3 N–H and O–H groups in total. The number of halogens is 1. The summed E-state index contributed by atoms with van der Waals surface area (Å²) in [6, 6.07) is 0.456. The van der Waals surface area contributed by atoms with E-state index in [0.717, 1.165) is 78.5 Å². The molecule has 2 rings (SSSR count). The molecule has 1 atom stereocenters. The largest absolute Gasteiger partial charge is 0.379 e. The lowest BCUT2D eigenvalue weighted by atomic mass is 10.2. The standard InChI is InChI=1S/C16H34N6O.HI/c1-15(22-8-6-20(2)7-9-22)14-19-16(17)18-4-3-5-21-10-12-23-13-11-21;/h15H,3-14H2,1-2H3,(H3,17,18,19);1H. The molecule has 7 nitrogen and oxygen atoms in total. The van der Waals surface area contributed by atoms with Crippen LogP contribution in [-0.4, -0.2) is 106 Å². The highest BCUT2D eigenvalue weighted by molar-refractivity contribution is 14.0. The molecular formula is C16H35IN6O. The first-order valence-electron chi connectivity index (χ1n) is 8.91. The van der Waals surface area contributed by atoms with Crippen LogP contribution in [-0.2, 0) is 4.74 Å². The number of hydrogen-bond donors (Lipinski definition) is 2. The molecule has 0 aromatic heterocycles. The SMILES string of the molecule is CC(CN=C(N)NCCCN1CCOCC1)N1CCN(C)CC1.I. The molecule has 24 heavy (non-hydrogen) atoms. The number of likely N-dealkylation sites (N-methyl/N-ethyl adjacent to an activating group) is 1. The van der Waals surface area contributed by atoms with Crippen LogP contribution in [0.15, 0.2) is 4.99 Å². The lowest BCUT2D eigenvalue weighted by Gasteiger charge is -2.35. The lowest BCUT2D eigenvalue weighted by molar-refractivity contribution is 0.0376. The van der Waals surface area contributed by atoms with Gasteiger partial charge in [0.05, 0.1) is 19.8 Å². The van der Waals surface area contributed by atoms with Gasteiger partial charge in [-0.1, -0.05) is 0 Å². The van der Waals surface area contributed by atoms with Crippen molar-refractivity contribution in [1.29, 1.82) is 0 Å². The fraction of sp³-hybridized carbons (Fsp3) is 0.938. The summed E-state index contributed by atoms with van der Waals surface area (Å²) in [6.07, 6.45) is 1.09. The average molecular weight is 454 g/mol. The molecule has 0 bridgehead atoms. The molecule has 2 aliphatic heterocycles. The normalized spacial score (nSPS) is 22.8. The van der Waals surface area contributed by atoms with E-state index in [1.54, 1.807) is 0 Å². The zero-order chi connectivity index (χ0) is 16.5. The Kier molecular flexibility index (Phi) is 11.2. The summed E-state index contributed by atoms with van der Waals surface area (Å²) in [5.41, 5.74) is 5.97. The number of guanidine groups is 1. The van der Waals surface area contributed by atoms with Crippen molar-refractivity contribution in [3.05, 3.63) is 0 Å². The first kappa shape index (κ1) is 21.9. The summed E-state index contributed by atoms with van der Waals surface area (Å²) >= 11 is 0. The van der Waals surface area contributed by atoms with Gasteiger partial charge in [-0.05, 0) is 26.9 Å². The van der Waals surface area contributed by atoms with Crippen LogP contribution >= 0.6 is 24.0 Å². The summed E-state index contributed by atoms with van der Waals surface area (Å²) in [5, 5.41) is 3.23. The fourth-order valence-electron chi connectivity index (χ4n) is 3.01. The van der Waals surface area contributed by atoms with Gasteiger partial charge in [0.1, 0.15) is 0 Å². The predicted molar refractivity (Wildman–Crippen MR) is 110 cm³/mol. The second-order valence-electron chi connectivity index (χ2n) is 6.65. The molecule has 8 heteroatoms. The van der Waals surface area contributed by atoms with Crippen molar-refractivity contribution in [2.24, 2.45) is 10.7 Å². The molecule has 1 unspecified atom stereocenters. The summed E-state index contributed by atoms with van der Waals surface area (Å²) in [7, 11) is 2.18. The third kappa shape index (κ3) is 8.28. The minimum absolute atomic E-state index is 0. The molecule has 142 valence electrons. The van der Waals surface area contributed by atoms with Crippen molar-refractivity contribution >= 4 is 29.9 Å². The molecule has 0 aromatic rings. The van der Waals surface area contributed by atoms with E-state index < -0.39 is 0 Å². The number of piperazine rings is 1. The van der Waals surface area contributed by atoms with Gasteiger partial charge in [0.2, 0.25) is 0 Å². The number of morpholine rings is 1. The molecule has 0 saturated carbocycles. The molecule has 2 aliphatic rings. The van der Waals surface area contributed by atoms with Crippen LogP contribution in [0.5, 0.6) is 0 Å². The first-order valence-corrected chi connectivity index (χ1v) is 8.91. The summed E-state index contributed by atoms with van der Waals surface area (Å²) in [4.78, 5) is 11.8. The Morgan fingerprint density at radius 2 is 1.83 bits per heavy atom. The van der Waals surface area contributed by atoms with Gasteiger partial charge >= 0.3 is 0 Å². The van der Waals surface area contributed by atoms with Crippen LogP contribution in [0.1, 0.15) is 13.3 Å². The Balaban J connectivity index is 0.00000288. The van der Waals surface area contributed by atoms with E-state index in [2.05, 4.69) is 39.0 Å². The molecule has 2 fully saturated rings. The van der Waals surface area contributed by atoms with E-state index in [4.69, 9.17) is 10.5 Å². The van der Waals surface area contributed by atoms with E-state index in [1.807, 2.05) is 0 Å². The third-order valence-corrected chi connectivity index (χ3v) is 4.75. The number of nitrogens with zero attached hydrogens (tertiary/aromatic N) is 4. The van der Waals surface area contributed by atoms with Gasteiger partial charge in [-0.2, -0.15) is 0 Å². The number of aliphatic imine (C=N–C) groups is 1. The highest BCUT2D eigenvalue weighted by Gasteiger charge is 2.18. The van der Waals surface area contributed by atoms with E-state index >= 15 is 0 Å². The zero-order valence-corrected chi connectivity index (χ0v) is 17.6. The van der Waals surface area contributed by atoms with Gasteiger partial charge < -0.3 is 20.7 Å². The number of rotatable bonds is 7. The maximum absolute atomic E-state index is 5.97. The number of hydrogen-bond acceptors (Lipinski definition) is 5. The Bertz CT molecular complexity index is 356. The molecule has 0 aromatic carbocycles. The van der Waals surface area contributed by atoms with Crippen molar-refractivity contribution in [3.8, 4) is 0 Å². The van der Waals surface area contributed by atoms with Crippen molar-refractivity contribution in [2.45, 2.75) is 19.4 Å². The Morgan fingerprint density at radius 1 is 1.17 bits per heavy atom. The van der Waals surface area contributed by atoms with E-state index in [-0.39, 0.29) is 24.0 Å². The minimum Gasteiger partial charge on any atom is -0.379 e. The van der Waals surface area contributed by atoms with Crippen molar-refractivity contribution < 1.29 is 4.74 Å². The van der Waals surface area contributed by atoms with Gasteiger partial charge in [0, 0.05) is 51.9 Å². The van der Waals surface area contributed by atoms with Crippen LogP contribution in [0.2, 0.25) is 0 Å². The second-order valence-corrected chi connectivity index (χ2v) is 6.65. The van der Waals surface area contributed by atoms with Crippen molar-refractivity contribution in [1.82, 2.24) is 20.0 Å². The van der Waals surface area contributed by atoms with Gasteiger partial charge in [-0.25, -0.2) is 0 Å². The summed E-state index contributed by atoms with van der Waals surface area (Å²) in [5.74, 6) is 0.577. The maximum Gasteiger partial charge on any atom is 0.188 e. The number of ether oxygens (including phenoxy) is 1. The zero-order valence-electron chi connectivity index (χ0n) is 15.2. The average Bonchev–Trinajstić information content (AvgIpc) is 2.58. The minimum atomic E-state index is 0. The van der Waals surface area contributed by atoms with E-state index in [0.29, 0.717) is 12.0 Å². The van der Waals surface area contributed by atoms with Crippen LogP contribution in [0.3, 0.4) is 0 Å². The maximum atomic E-state index is 5.97. The smallest absolute Gasteiger partial charge is 0.188 e. The fourth-order valence-corrected chi connectivity index (χ4v) is 3.01. The van der Waals surface area contributed by atoms with Gasteiger partial charge in [0.15, 0.2) is 5.96 Å². The number of nitrogens with two attached hydrogens (primary N) is 1. The molecule has 2 saturated heterocycles. The molecule has 0 spiro atoms. The van der Waals surface area contributed by atoms with Crippen LogP contribution in [0.25, 0.3) is 0 Å². The predicted octanol–water partition coefficient (Wildman–Crippen LogP) is -0.133. The topological polar surface area (TPSA) is 69.4 Å². The number of nitrogens with one attached hydrogen (secondary N) is 1. The molecular weight excluding hydrogens is 419 g/mol. The van der Waals surface area contributed by atoms with Gasteiger partial charge in [-0.3, -0.25) is 14.8 Å². The first-order chi connectivity index (χ1) is 11.1. The van der Waals surface area contributed by atoms with Gasteiger partial charge in [0.25, 0.3) is 0 Å². The quantitative estimate of drug-likeness (QED) is 0.242.